The third-order valence-electron chi connectivity index (χ3n) is 5.37. The molecule has 1 saturated carbocycles. The Morgan fingerprint density at radius 3 is 2.17 bits per heavy atom. The third-order valence-corrected chi connectivity index (χ3v) is 5.37. The Labute approximate surface area is 110 Å². The van der Waals surface area contributed by atoms with Crippen molar-refractivity contribution in [2.24, 2.45) is 16.7 Å². The quantitative estimate of drug-likeness (QED) is 0.774. The Bertz CT molecular complexity index is 332. The summed E-state index contributed by atoms with van der Waals surface area (Å²) in [6.07, 6.45) is 0. The van der Waals surface area contributed by atoms with E-state index in [1.807, 2.05) is 6.92 Å². The van der Waals surface area contributed by atoms with Gasteiger partial charge >= 0.3 is 0 Å². The zero-order valence-electron chi connectivity index (χ0n) is 12.2. The minimum Gasteiger partial charge on any atom is -0.363 e. The normalized spacial score (nSPS) is 27.4. The molecule has 1 aliphatic heterocycles. The van der Waals surface area contributed by atoms with E-state index in [0.717, 1.165) is 19.6 Å². The highest BCUT2D eigenvalue weighted by molar-refractivity contribution is 5.77. The molecule has 0 aromatic carbocycles. The van der Waals surface area contributed by atoms with Gasteiger partial charge in [-0.1, -0.05) is 27.7 Å². The maximum atomic E-state index is 11.7. The van der Waals surface area contributed by atoms with Gasteiger partial charge in [-0.15, -0.1) is 0 Å². The fourth-order valence-corrected chi connectivity index (χ4v) is 2.93. The number of carbonyl (C=O) groups is 1. The van der Waals surface area contributed by atoms with Gasteiger partial charge in [0, 0.05) is 19.6 Å². The van der Waals surface area contributed by atoms with Crippen molar-refractivity contribution >= 4 is 5.91 Å². The third kappa shape index (κ3) is 2.28. The van der Waals surface area contributed by atoms with E-state index in [-0.39, 0.29) is 18.1 Å². The van der Waals surface area contributed by atoms with Crippen LogP contribution >= 0.6 is 0 Å². The van der Waals surface area contributed by atoms with Gasteiger partial charge in [0.15, 0.2) is 0 Å². The summed E-state index contributed by atoms with van der Waals surface area (Å²) in [5.41, 5.74) is 0.505. The summed E-state index contributed by atoms with van der Waals surface area (Å²) in [6, 6.07) is 0. The van der Waals surface area contributed by atoms with Crippen LogP contribution in [0.5, 0.6) is 0 Å². The summed E-state index contributed by atoms with van der Waals surface area (Å²) < 4.78 is 5.61. The second-order valence-corrected chi connectivity index (χ2v) is 7.14. The highest BCUT2D eigenvalue weighted by Gasteiger charge is 2.64. The average Bonchev–Trinajstić information content (AvgIpc) is 2.61. The number of ether oxygens (including phenoxy) is 1. The van der Waals surface area contributed by atoms with Crippen LogP contribution in [-0.4, -0.2) is 37.7 Å². The monoisotopic (exact) mass is 254 g/mol. The Morgan fingerprint density at radius 2 is 1.78 bits per heavy atom. The van der Waals surface area contributed by atoms with Crippen molar-refractivity contribution < 1.29 is 9.53 Å². The summed E-state index contributed by atoms with van der Waals surface area (Å²) in [4.78, 5) is 11.7. The van der Waals surface area contributed by atoms with Crippen molar-refractivity contribution in [1.29, 1.82) is 0 Å². The van der Waals surface area contributed by atoms with Crippen LogP contribution in [-0.2, 0) is 9.53 Å². The molecule has 2 N–H and O–H groups in total. The molecule has 1 aliphatic carbocycles. The lowest BCUT2D eigenvalue weighted by atomic mass is 10.0. The van der Waals surface area contributed by atoms with E-state index in [0.29, 0.717) is 16.7 Å². The average molecular weight is 254 g/mol. The van der Waals surface area contributed by atoms with Crippen molar-refractivity contribution in [3.05, 3.63) is 0 Å². The predicted octanol–water partition coefficient (Wildman–Crippen LogP) is 1.16. The van der Waals surface area contributed by atoms with Crippen molar-refractivity contribution in [2.75, 3.05) is 26.2 Å². The van der Waals surface area contributed by atoms with Gasteiger partial charge in [-0.3, -0.25) is 4.79 Å². The molecule has 0 aromatic heterocycles. The molecule has 1 heterocycles. The molecule has 0 spiro atoms. The lowest BCUT2D eigenvalue weighted by molar-refractivity contribution is -0.135. The van der Waals surface area contributed by atoms with Gasteiger partial charge in [0.25, 0.3) is 0 Å². The molecule has 2 aliphatic rings. The topological polar surface area (TPSA) is 50.4 Å². The van der Waals surface area contributed by atoms with Crippen LogP contribution in [0.4, 0.5) is 0 Å². The van der Waals surface area contributed by atoms with Crippen LogP contribution in [0.1, 0.15) is 34.6 Å². The maximum absolute atomic E-state index is 11.7. The van der Waals surface area contributed by atoms with Crippen LogP contribution in [0, 0.1) is 16.7 Å². The first kappa shape index (κ1) is 13.8. The Kier molecular flexibility index (Phi) is 3.23. The van der Waals surface area contributed by atoms with Crippen LogP contribution in [0.3, 0.4) is 0 Å². The number of nitrogens with one attached hydrogen (secondary N) is 2. The lowest BCUT2D eigenvalue weighted by Crippen LogP contribution is -2.59. The summed E-state index contributed by atoms with van der Waals surface area (Å²) in [7, 11) is 0. The van der Waals surface area contributed by atoms with Crippen molar-refractivity contribution in [2.45, 2.75) is 40.2 Å². The van der Waals surface area contributed by atoms with Gasteiger partial charge < -0.3 is 15.4 Å². The van der Waals surface area contributed by atoms with Crippen LogP contribution < -0.4 is 10.6 Å². The van der Waals surface area contributed by atoms with E-state index >= 15 is 0 Å². The van der Waals surface area contributed by atoms with Gasteiger partial charge in [0.2, 0.25) is 5.91 Å². The first-order chi connectivity index (χ1) is 8.19. The largest absolute Gasteiger partial charge is 0.363 e. The van der Waals surface area contributed by atoms with E-state index in [1.165, 1.54) is 0 Å². The molecule has 4 heteroatoms. The number of rotatable bonds is 5. The molecular weight excluding hydrogens is 228 g/mol. The van der Waals surface area contributed by atoms with Gasteiger partial charge in [0.05, 0.1) is 5.60 Å². The zero-order valence-corrected chi connectivity index (χ0v) is 12.2. The smallest absolute Gasteiger partial charge is 0.246 e. The fourth-order valence-electron chi connectivity index (χ4n) is 2.93. The molecule has 0 radical (unpaired) electrons. The van der Waals surface area contributed by atoms with Crippen LogP contribution in [0.2, 0.25) is 0 Å². The molecular formula is C14H26N2O2. The molecule has 0 aromatic rings. The molecule has 18 heavy (non-hydrogen) atoms. The Morgan fingerprint density at radius 1 is 1.22 bits per heavy atom. The Balaban J connectivity index is 1.67. The number of hydrogen-bond donors (Lipinski definition) is 2. The molecule has 104 valence electrons. The van der Waals surface area contributed by atoms with Gasteiger partial charge in [-0.25, -0.2) is 0 Å². The second-order valence-electron chi connectivity index (χ2n) is 7.14. The minimum absolute atomic E-state index is 0.00150. The summed E-state index contributed by atoms with van der Waals surface area (Å²) in [6.45, 7) is 13.7. The number of amides is 1. The SMILES string of the molecule is CC1(OCC(=O)NCC2C(C)(C)C2(C)C)CNC1. The standard InChI is InChI=1S/C14H26N2O2/c1-12(2)10(13(12,3)4)6-16-11(17)7-18-14(5)8-15-9-14/h10,15H,6-9H2,1-5H3,(H,16,17). The highest BCUT2D eigenvalue weighted by Crippen LogP contribution is 2.67. The van der Waals surface area contributed by atoms with Crippen LogP contribution in [0.15, 0.2) is 0 Å². The minimum atomic E-state index is -0.143. The maximum Gasteiger partial charge on any atom is 0.246 e. The summed E-state index contributed by atoms with van der Waals surface area (Å²) >= 11 is 0. The second kappa shape index (κ2) is 4.20. The van der Waals surface area contributed by atoms with E-state index in [2.05, 4.69) is 38.3 Å². The van der Waals surface area contributed by atoms with Gasteiger partial charge in [-0.05, 0) is 23.7 Å². The van der Waals surface area contributed by atoms with Gasteiger partial charge in [-0.2, -0.15) is 0 Å². The van der Waals surface area contributed by atoms with E-state index in [1.54, 1.807) is 0 Å². The predicted molar refractivity (Wildman–Crippen MR) is 71.3 cm³/mol. The van der Waals surface area contributed by atoms with Crippen molar-refractivity contribution in [1.82, 2.24) is 10.6 Å². The molecule has 0 bridgehead atoms. The van der Waals surface area contributed by atoms with E-state index in [4.69, 9.17) is 4.74 Å². The molecule has 1 amide bonds. The number of carbonyl (C=O) groups excluding carboxylic acids is 1. The van der Waals surface area contributed by atoms with Crippen LogP contribution in [0.25, 0.3) is 0 Å². The zero-order chi connectivity index (χ0) is 13.6. The molecule has 4 nitrogen and oxygen atoms in total. The van der Waals surface area contributed by atoms with E-state index in [9.17, 15) is 4.79 Å². The number of hydrogen-bond acceptors (Lipinski definition) is 3. The molecule has 2 fully saturated rings. The van der Waals surface area contributed by atoms with E-state index < -0.39 is 0 Å². The molecule has 2 rings (SSSR count). The first-order valence-electron chi connectivity index (χ1n) is 6.80. The highest BCUT2D eigenvalue weighted by atomic mass is 16.5. The van der Waals surface area contributed by atoms with Gasteiger partial charge in [0.1, 0.15) is 6.61 Å². The summed E-state index contributed by atoms with van der Waals surface area (Å²) in [5.74, 6) is 0.566. The fraction of sp³-hybridized carbons (Fsp3) is 0.929. The Hall–Kier alpha value is -0.610. The van der Waals surface area contributed by atoms with Crippen molar-refractivity contribution in [3.63, 3.8) is 0 Å². The lowest BCUT2D eigenvalue weighted by Gasteiger charge is -2.38. The molecule has 0 unspecified atom stereocenters. The summed E-state index contributed by atoms with van der Waals surface area (Å²) in [5, 5.41) is 6.14. The molecule has 0 atom stereocenters. The first-order valence-corrected chi connectivity index (χ1v) is 6.80. The molecule has 1 saturated heterocycles. The van der Waals surface area contributed by atoms with Crippen molar-refractivity contribution in [3.8, 4) is 0 Å².